The molecule has 1 heterocycles. The van der Waals surface area contributed by atoms with Crippen molar-refractivity contribution in [2.45, 2.75) is 20.4 Å². The van der Waals surface area contributed by atoms with Gasteiger partial charge in [0.1, 0.15) is 0 Å². The van der Waals surface area contributed by atoms with Gasteiger partial charge in [-0.05, 0) is 42.7 Å². The van der Waals surface area contributed by atoms with Gasteiger partial charge in [-0.2, -0.15) is 0 Å². The molecule has 0 aliphatic heterocycles. The molecule has 2 rings (SSSR count). The Morgan fingerprint density at radius 2 is 2.06 bits per heavy atom. The zero-order valence-electron chi connectivity index (χ0n) is 10.6. The Hall–Kier alpha value is -2.16. The summed E-state index contributed by atoms with van der Waals surface area (Å²) in [4.78, 5) is 15.7. The van der Waals surface area contributed by atoms with Gasteiger partial charge in [0.15, 0.2) is 0 Å². The minimum Gasteiger partial charge on any atom is -0.348 e. The summed E-state index contributed by atoms with van der Waals surface area (Å²) in [6, 6.07) is 9.71. The molecule has 0 saturated heterocycles. The summed E-state index contributed by atoms with van der Waals surface area (Å²) < 4.78 is 0. The van der Waals surface area contributed by atoms with Gasteiger partial charge in [-0.25, -0.2) is 0 Å². The third kappa shape index (κ3) is 2.94. The molecule has 1 aromatic carbocycles. The standard InChI is InChI=1S/C15H16N2O/c1-11-5-6-13(8-12(11)2)9-17-15(18)14-4-3-7-16-10-14/h3-8,10H,9H2,1-2H3,(H,17,18). The van der Waals surface area contributed by atoms with Gasteiger partial charge in [-0.15, -0.1) is 0 Å². The zero-order chi connectivity index (χ0) is 13.0. The van der Waals surface area contributed by atoms with E-state index in [0.717, 1.165) is 5.56 Å². The number of rotatable bonds is 3. The smallest absolute Gasteiger partial charge is 0.253 e. The molecule has 3 heteroatoms. The second-order valence-corrected chi connectivity index (χ2v) is 4.34. The molecular weight excluding hydrogens is 224 g/mol. The lowest BCUT2D eigenvalue weighted by molar-refractivity contribution is 0.0950. The van der Waals surface area contributed by atoms with E-state index in [1.165, 1.54) is 11.1 Å². The minimum absolute atomic E-state index is 0.0960. The number of amides is 1. The van der Waals surface area contributed by atoms with E-state index in [-0.39, 0.29) is 5.91 Å². The SMILES string of the molecule is Cc1ccc(CNC(=O)c2cccnc2)cc1C. The molecule has 0 atom stereocenters. The molecule has 2 aromatic rings. The predicted molar refractivity (Wildman–Crippen MR) is 71.3 cm³/mol. The largest absolute Gasteiger partial charge is 0.348 e. The molecule has 0 radical (unpaired) electrons. The normalized spacial score (nSPS) is 10.1. The fourth-order valence-corrected chi connectivity index (χ4v) is 1.69. The molecule has 1 N–H and O–H groups in total. The van der Waals surface area contributed by atoms with Crippen molar-refractivity contribution in [3.63, 3.8) is 0 Å². The number of nitrogens with one attached hydrogen (secondary N) is 1. The summed E-state index contributed by atoms with van der Waals surface area (Å²) >= 11 is 0. The summed E-state index contributed by atoms with van der Waals surface area (Å²) in [5.74, 6) is -0.0960. The van der Waals surface area contributed by atoms with Crippen LogP contribution in [0, 0.1) is 13.8 Å². The number of carbonyl (C=O) groups is 1. The lowest BCUT2D eigenvalue weighted by Gasteiger charge is -2.07. The minimum atomic E-state index is -0.0960. The van der Waals surface area contributed by atoms with Gasteiger partial charge in [0, 0.05) is 18.9 Å². The average molecular weight is 240 g/mol. The first-order valence-corrected chi connectivity index (χ1v) is 5.91. The second-order valence-electron chi connectivity index (χ2n) is 4.34. The van der Waals surface area contributed by atoms with Crippen LogP contribution in [0.3, 0.4) is 0 Å². The molecule has 0 bridgehead atoms. The van der Waals surface area contributed by atoms with Crippen LogP contribution in [0.5, 0.6) is 0 Å². The number of pyridine rings is 1. The predicted octanol–water partition coefficient (Wildman–Crippen LogP) is 2.63. The molecule has 0 unspecified atom stereocenters. The fraction of sp³-hybridized carbons (Fsp3) is 0.200. The van der Waals surface area contributed by atoms with Crippen molar-refractivity contribution in [1.29, 1.82) is 0 Å². The molecule has 0 saturated carbocycles. The van der Waals surface area contributed by atoms with Crippen molar-refractivity contribution in [2.24, 2.45) is 0 Å². The Morgan fingerprint density at radius 3 is 2.72 bits per heavy atom. The Balaban J connectivity index is 1.99. The van der Waals surface area contributed by atoms with Crippen molar-refractivity contribution in [3.8, 4) is 0 Å². The van der Waals surface area contributed by atoms with E-state index in [2.05, 4.69) is 36.3 Å². The second kappa shape index (κ2) is 5.45. The topological polar surface area (TPSA) is 42.0 Å². The summed E-state index contributed by atoms with van der Waals surface area (Å²) in [7, 11) is 0. The number of aryl methyl sites for hydroxylation is 2. The highest BCUT2D eigenvalue weighted by Crippen LogP contribution is 2.09. The fourth-order valence-electron chi connectivity index (χ4n) is 1.69. The molecule has 1 aromatic heterocycles. The van der Waals surface area contributed by atoms with Gasteiger partial charge >= 0.3 is 0 Å². The number of hydrogen-bond donors (Lipinski definition) is 1. The molecule has 0 aliphatic rings. The van der Waals surface area contributed by atoms with Crippen LogP contribution in [0.4, 0.5) is 0 Å². The number of benzene rings is 1. The van der Waals surface area contributed by atoms with E-state index in [0.29, 0.717) is 12.1 Å². The van der Waals surface area contributed by atoms with Gasteiger partial charge in [-0.1, -0.05) is 18.2 Å². The number of nitrogens with zero attached hydrogens (tertiary/aromatic N) is 1. The molecule has 0 aliphatic carbocycles. The first kappa shape index (κ1) is 12.3. The lowest BCUT2D eigenvalue weighted by Crippen LogP contribution is -2.22. The maximum Gasteiger partial charge on any atom is 0.253 e. The van der Waals surface area contributed by atoms with E-state index in [9.17, 15) is 4.79 Å². The summed E-state index contributed by atoms with van der Waals surface area (Å²) in [5.41, 5.74) is 4.19. The van der Waals surface area contributed by atoms with Crippen LogP contribution in [0.15, 0.2) is 42.7 Å². The van der Waals surface area contributed by atoms with E-state index >= 15 is 0 Å². The first-order chi connectivity index (χ1) is 8.66. The van der Waals surface area contributed by atoms with Gasteiger partial charge < -0.3 is 5.32 Å². The Morgan fingerprint density at radius 1 is 1.22 bits per heavy atom. The van der Waals surface area contributed by atoms with Crippen molar-refractivity contribution < 1.29 is 4.79 Å². The Labute approximate surface area is 107 Å². The Kier molecular flexibility index (Phi) is 3.72. The highest BCUT2D eigenvalue weighted by Gasteiger charge is 2.04. The third-order valence-electron chi connectivity index (χ3n) is 2.95. The van der Waals surface area contributed by atoms with Gasteiger partial charge in [-0.3, -0.25) is 9.78 Å². The van der Waals surface area contributed by atoms with Crippen molar-refractivity contribution in [1.82, 2.24) is 10.3 Å². The average Bonchev–Trinajstić information content (AvgIpc) is 2.41. The first-order valence-electron chi connectivity index (χ1n) is 5.91. The lowest BCUT2D eigenvalue weighted by atomic mass is 10.1. The van der Waals surface area contributed by atoms with Crippen LogP contribution >= 0.6 is 0 Å². The molecular formula is C15H16N2O. The molecule has 18 heavy (non-hydrogen) atoms. The van der Waals surface area contributed by atoms with Gasteiger partial charge in [0.05, 0.1) is 5.56 Å². The van der Waals surface area contributed by atoms with Crippen LogP contribution in [0.1, 0.15) is 27.0 Å². The molecule has 0 fully saturated rings. The number of hydrogen-bond acceptors (Lipinski definition) is 2. The quantitative estimate of drug-likeness (QED) is 0.896. The monoisotopic (exact) mass is 240 g/mol. The number of carbonyl (C=O) groups excluding carboxylic acids is 1. The summed E-state index contributed by atoms with van der Waals surface area (Å²) in [5, 5.41) is 2.88. The highest BCUT2D eigenvalue weighted by atomic mass is 16.1. The van der Waals surface area contributed by atoms with E-state index in [1.807, 2.05) is 6.07 Å². The van der Waals surface area contributed by atoms with Crippen LogP contribution in [0.25, 0.3) is 0 Å². The van der Waals surface area contributed by atoms with Crippen molar-refractivity contribution in [3.05, 3.63) is 65.0 Å². The highest BCUT2D eigenvalue weighted by molar-refractivity contribution is 5.93. The van der Waals surface area contributed by atoms with Crippen LogP contribution in [-0.4, -0.2) is 10.9 Å². The Bertz CT molecular complexity index is 550. The van der Waals surface area contributed by atoms with Crippen LogP contribution < -0.4 is 5.32 Å². The number of aromatic nitrogens is 1. The third-order valence-corrected chi connectivity index (χ3v) is 2.95. The van der Waals surface area contributed by atoms with Gasteiger partial charge in [0.25, 0.3) is 5.91 Å². The maximum absolute atomic E-state index is 11.8. The van der Waals surface area contributed by atoms with E-state index < -0.39 is 0 Å². The van der Waals surface area contributed by atoms with E-state index in [1.54, 1.807) is 24.5 Å². The molecule has 92 valence electrons. The van der Waals surface area contributed by atoms with Crippen molar-refractivity contribution in [2.75, 3.05) is 0 Å². The van der Waals surface area contributed by atoms with Crippen LogP contribution in [-0.2, 0) is 6.54 Å². The molecule has 3 nitrogen and oxygen atoms in total. The van der Waals surface area contributed by atoms with Crippen molar-refractivity contribution >= 4 is 5.91 Å². The summed E-state index contributed by atoms with van der Waals surface area (Å²) in [6.45, 7) is 4.68. The maximum atomic E-state index is 11.8. The van der Waals surface area contributed by atoms with Gasteiger partial charge in [0.2, 0.25) is 0 Å². The van der Waals surface area contributed by atoms with E-state index in [4.69, 9.17) is 0 Å². The van der Waals surface area contributed by atoms with Crippen LogP contribution in [0.2, 0.25) is 0 Å². The molecule has 0 spiro atoms. The molecule has 1 amide bonds. The summed E-state index contributed by atoms with van der Waals surface area (Å²) in [6.07, 6.45) is 3.22. The zero-order valence-corrected chi connectivity index (χ0v) is 10.6.